The fraction of sp³-hybridized carbons (Fsp3) is 0.409. The van der Waals surface area contributed by atoms with Crippen LogP contribution in [0.3, 0.4) is 0 Å². The van der Waals surface area contributed by atoms with Gasteiger partial charge in [0.05, 0.1) is 16.6 Å². The molecule has 0 aliphatic carbocycles. The van der Waals surface area contributed by atoms with E-state index < -0.39 is 11.7 Å². The van der Waals surface area contributed by atoms with Gasteiger partial charge in [-0.15, -0.1) is 0 Å². The Bertz CT molecular complexity index is 936. The molecule has 0 amide bonds. The Morgan fingerprint density at radius 3 is 2.36 bits per heavy atom. The summed E-state index contributed by atoms with van der Waals surface area (Å²) in [7, 11) is 0. The second-order valence-corrected chi connectivity index (χ2v) is 7.67. The van der Waals surface area contributed by atoms with E-state index in [1.807, 2.05) is 18.2 Å². The lowest BCUT2D eigenvalue weighted by Crippen LogP contribution is -2.34. The summed E-state index contributed by atoms with van der Waals surface area (Å²) in [5, 5.41) is 0. The average Bonchev–Trinajstić information content (AvgIpc) is 2.98. The van der Waals surface area contributed by atoms with E-state index in [2.05, 4.69) is 27.4 Å². The Kier molecular flexibility index (Phi) is 5.15. The third-order valence-electron chi connectivity index (χ3n) is 5.68. The highest BCUT2D eigenvalue weighted by molar-refractivity contribution is 5.75. The molecular formula is C22H24F3N3. The second kappa shape index (κ2) is 7.59. The predicted octanol–water partition coefficient (Wildman–Crippen LogP) is 5.28. The summed E-state index contributed by atoms with van der Waals surface area (Å²) >= 11 is 0. The minimum absolute atomic E-state index is 0.585. The van der Waals surface area contributed by atoms with E-state index in [9.17, 15) is 13.2 Å². The number of fused-ring (bicyclic) bond motifs is 1. The lowest BCUT2D eigenvalue weighted by molar-refractivity contribution is -0.137. The number of hydrogen-bond donors (Lipinski definition) is 0. The first-order valence-corrected chi connectivity index (χ1v) is 9.70. The van der Waals surface area contributed by atoms with Crippen LogP contribution in [0.2, 0.25) is 0 Å². The molecule has 1 aliphatic rings. The van der Waals surface area contributed by atoms with Gasteiger partial charge in [-0.05, 0) is 68.6 Å². The summed E-state index contributed by atoms with van der Waals surface area (Å²) in [6.45, 7) is 5.67. The van der Waals surface area contributed by atoms with Crippen molar-refractivity contribution in [2.75, 3.05) is 13.1 Å². The van der Waals surface area contributed by atoms with Gasteiger partial charge in [0.15, 0.2) is 0 Å². The molecule has 0 unspecified atom stereocenters. The molecule has 3 aromatic rings. The zero-order chi connectivity index (χ0) is 19.7. The van der Waals surface area contributed by atoms with Crippen LogP contribution in [0.5, 0.6) is 0 Å². The summed E-state index contributed by atoms with van der Waals surface area (Å²) in [6.07, 6.45) is -2.09. The normalized spacial score (nSPS) is 16.7. The van der Waals surface area contributed by atoms with Crippen LogP contribution >= 0.6 is 0 Å². The molecule has 0 radical (unpaired) electrons. The van der Waals surface area contributed by atoms with Gasteiger partial charge in [0.2, 0.25) is 0 Å². The summed E-state index contributed by atoms with van der Waals surface area (Å²) < 4.78 is 40.4. The predicted molar refractivity (Wildman–Crippen MR) is 104 cm³/mol. The van der Waals surface area contributed by atoms with E-state index in [1.165, 1.54) is 17.6 Å². The molecule has 0 atom stereocenters. The number of aryl methyl sites for hydroxylation is 1. The molecule has 1 aliphatic heterocycles. The van der Waals surface area contributed by atoms with Crippen LogP contribution in [0.15, 0.2) is 48.5 Å². The van der Waals surface area contributed by atoms with Gasteiger partial charge in [-0.25, -0.2) is 4.98 Å². The molecule has 1 fully saturated rings. The molecular weight excluding hydrogens is 363 g/mol. The zero-order valence-electron chi connectivity index (χ0n) is 15.9. The first-order chi connectivity index (χ1) is 13.4. The smallest absolute Gasteiger partial charge is 0.328 e. The van der Waals surface area contributed by atoms with Crippen molar-refractivity contribution in [3.05, 3.63) is 65.5 Å². The van der Waals surface area contributed by atoms with E-state index in [1.54, 1.807) is 12.1 Å². The van der Waals surface area contributed by atoms with Gasteiger partial charge in [0.25, 0.3) is 0 Å². The first-order valence-electron chi connectivity index (χ1n) is 9.70. The van der Waals surface area contributed by atoms with E-state index in [0.29, 0.717) is 12.5 Å². The molecule has 1 saturated heterocycles. The maximum atomic E-state index is 12.7. The number of benzene rings is 2. The van der Waals surface area contributed by atoms with E-state index >= 15 is 0 Å². The van der Waals surface area contributed by atoms with E-state index in [0.717, 1.165) is 49.4 Å². The average molecular weight is 387 g/mol. The Morgan fingerprint density at radius 1 is 1.00 bits per heavy atom. The van der Waals surface area contributed by atoms with Gasteiger partial charge in [0.1, 0.15) is 5.82 Å². The molecule has 1 aromatic heterocycles. The molecule has 0 saturated carbocycles. The molecule has 0 bridgehead atoms. The van der Waals surface area contributed by atoms with Crippen molar-refractivity contribution in [3.8, 4) is 0 Å². The highest BCUT2D eigenvalue weighted by Gasteiger charge is 2.30. The van der Waals surface area contributed by atoms with E-state index in [4.69, 9.17) is 0 Å². The topological polar surface area (TPSA) is 21.1 Å². The molecule has 2 aromatic carbocycles. The first kappa shape index (κ1) is 19.0. The molecule has 4 rings (SSSR count). The van der Waals surface area contributed by atoms with Crippen LogP contribution in [0, 0.1) is 12.8 Å². The molecule has 3 nitrogen and oxygen atoms in total. The van der Waals surface area contributed by atoms with Crippen LogP contribution < -0.4 is 0 Å². The quantitative estimate of drug-likeness (QED) is 0.608. The lowest BCUT2D eigenvalue weighted by atomic mass is 9.96. The number of halogens is 3. The number of alkyl halides is 3. The summed E-state index contributed by atoms with van der Waals surface area (Å²) in [4.78, 5) is 6.98. The van der Waals surface area contributed by atoms with Crippen LogP contribution in [-0.4, -0.2) is 27.5 Å². The van der Waals surface area contributed by atoms with Crippen LogP contribution in [0.4, 0.5) is 13.2 Å². The van der Waals surface area contributed by atoms with Crippen molar-refractivity contribution in [3.63, 3.8) is 0 Å². The zero-order valence-corrected chi connectivity index (χ0v) is 15.9. The molecule has 28 heavy (non-hydrogen) atoms. The monoisotopic (exact) mass is 387 g/mol. The van der Waals surface area contributed by atoms with Gasteiger partial charge >= 0.3 is 6.18 Å². The highest BCUT2D eigenvalue weighted by atomic mass is 19.4. The Hall–Kier alpha value is -2.34. The molecule has 2 heterocycles. The molecule has 6 heteroatoms. The fourth-order valence-corrected chi connectivity index (χ4v) is 4.07. The number of piperidine rings is 1. The van der Waals surface area contributed by atoms with Crippen LogP contribution in [0.1, 0.15) is 29.8 Å². The standard InChI is InChI=1S/C22H24F3N3/c1-16-26-20-4-2-3-5-21(20)28(16)15-18-10-12-27(13-11-18)14-17-6-8-19(9-7-17)22(23,24)25/h2-9,18H,10-15H2,1H3. The molecule has 148 valence electrons. The Labute approximate surface area is 162 Å². The van der Waals surface area contributed by atoms with Crippen molar-refractivity contribution in [2.45, 2.75) is 39.0 Å². The third kappa shape index (κ3) is 4.07. The number of aromatic nitrogens is 2. The summed E-state index contributed by atoms with van der Waals surface area (Å²) in [5.74, 6) is 1.65. The number of rotatable bonds is 4. The minimum Gasteiger partial charge on any atom is -0.328 e. The van der Waals surface area contributed by atoms with Crippen LogP contribution in [-0.2, 0) is 19.3 Å². The van der Waals surface area contributed by atoms with Crippen molar-refractivity contribution >= 4 is 11.0 Å². The Morgan fingerprint density at radius 2 is 1.68 bits per heavy atom. The second-order valence-electron chi connectivity index (χ2n) is 7.67. The number of imidazole rings is 1. The maximum absolute atomic E-state index is 12.7. The number of para-hydroxylation sites is 2. The summed E-state index contributed by atoms with van der Waals surface area (Å²) in [6, 6.07) is 13.8. The summed E-state index contributed by atoms with van der Waals surface area (Å²) in [5.41, 5.74) is 2.58. The van der Waals surface area contributed by atoms with Gasteiger partial charge in [-0.2, -0.15) is 13.2 Å². The SMILES string of the molecule is Cc1nc2ccccc2n1CC1CCN(Cc2ccc(C(F)(F)F)cc2)CC1. The molecule has 0 spiro atoms. The van der Waals surface area contributed by atoms with Crippen molar-refractivity contribution in [2.24, 2.45) is 5.92 Å². The van der Waals surface area contributed by atoms with Crippen molar-refractivity contribution in [1.82, 2.24) is 14.5 Å². The van der Waals surface area contributed by atoms with Gasteiger partial charge in [-0.1, -0.05) is 24.3 Å². The van der Waals surface area contributed by atoms with Gasteiger partial charge in [0, 0.05) is 13.1 Å². The van der Waals surface area contributed by atoms with Gasteiger partial charge in [-0.3, -0.25) is 4.90 Å². The number of likely N-dealkylation sites (tertiary alicyclic amines) is 1. The van der Waals surface area contributed by atoms with Crippen LogP contribution in [0.25, 0.3) is 11.0 Å². The number of nitrogens with zero attached hydrogens (tertiary/aromatic N) is 3. The number of hydrogen-bond acceptors (Lipinski definition) is 2. The van der Waals surface area contributed by atoms with Crippen molar-refractivity contribution in [1.29, 1.82) is 0 Å². The maximum Gasteiger partial charge on any atom is 0.416 e. The highest BCUT2D eigenvalue weighted by Crippen LogP contribution is 2.29. The lowest BCUT2D eigenvalue weighted by Gasteiger charge is -2.32. The van der Waals surface area contributed by atoms with Gasteiger partial charge < -0.3 is 4.57 Å². The van der Waals surface area contributed by atoms with E-state index in [-0.39, 0.29) is 0 Å². The third-order valence-corrected chi connectivity index (χ3v) is 5.68. The molecule has 0 N–H and O–H groups in total. The fourth-order valence-electron chi connectivity index (χ4n) is 4.07. The largest absolute Gasteiger partial charge is 0.416 e. The minimum atomic E-state index is -4.27. The van der Waals surface area contributed by atoms with Crippen molar-refractivity contribution < 1.29 is 13.2 Å². The Balaban J connectivity index is 1.34.